The van der Waals surface area contributed by atoms with Gasteiger partial charge in [0.05, 0.1) is 0 Å². The Balaban J connectivity index is 2.07. The van der Waals surface area contributed by atoms with Gasteiger partial charge < -0.3 is 0 Å². The van der Waals surface area contributed by atoms with Crippen LogP contribution in [0.3, 0.4) is 0 Å². The zero-order valence-corrected chi connectivity index (χ0v) is 19.5. The van der Waals surface area contributed by atoms with Gasteiger partial charge in [0.1, 0.15) is 0 Å². The quantitative estimate of drug-likeness (QED) is 0.393. The van der Waals surface area contributed by atoms with Gasteiger partial charge in [-0.05, 0) is 0 Å². The normalized spacial score (nSPS) is 21.9. The molecule has 33 heavy (non-hydrogen) atoms. The second-order valence-corrected chi connectivity index (χ2v) is 11.4. The number of hydrogen-bond acceptors (Lipinski definition) is 6. The Morgan fingerprint density at radius 1 is 0.636 bits per heavy atom. The maximum atomic E-state index is 13.1. The summed E-state index contributed by atoms with van der Waals surface area (Å²) in [7, 11) is -4.25. The molecule has 1 aliphatic heterocycles. The van der Waals surface area contributed by atoms with Crippen LogP contribution in [0.5, 0.6) is 0 Å². The summed E-state index contributed by atoms with van der Waals surface area (Å²) in [6.45, 7) is 3.70. The van der Waals surface area contributed by atoms with Crippen molar-refractivity contribution in [2.24, 2.45) is 0 Å². The van der Waals surface area contributed by atoms with E-state index in [1.54, 1.807) is 13.8 Å². The van der Waals surface area contributed by atoms with Crippen LogP contribution >= 0.6 is 7.06 Å². The zero-order valence-electron chi connectivity index (χ0n) is 18.6. The monoisotopic (exact) mass is 466 g/mol. The second-order valence-electron chi connectivity index (χ2n) is 7.52. The third-order valence-electron chi connectivity index (χ3n) is 5.62. The Labute approximate surface area is 193 Å². The SMILES string of the molecule is CCOC(=O)[C@@H]1OP(c2ccccc2)(c2ccccc2)(c2ccccc2)O[C@H]1C(=O)OCC. The number of rotatable bonds is 7. The van der Waals surface area contributed by atoms with Crippen molar-refractivity contribution in [2.45, 2.75) is 26.1 Å². The van der Waals surface area contributed by atoms with Crippen LogP contribution in [0.4, 0.5) is 0 Å². The van der Waals surface area contributed by atoms with E-state index >= 15 is 0 Å². The van der Waals surface area contributed by atoms with Gasteiger partial charge in [-0.2, -0.15) is 0 Å². The molecule has 2 atom stereocenters. The number of benzene rings is 3. The first kappa shape index (κ1) is 23.1. The summed E-state index contributed by atoms with van der Waals surface area (Å²) in [4.78, 5) is 26.1. The van der Waals surface area contributed by atoms with Gasteiger partial charge in [0.15, 0.2) is 0 Å². The number of ether oxygens (including phenoxy) is 2. The van der Waals surface area contributed by atoms with Crippen LogP contribution in [0, 0.1) is 0 Å². The summed E-state index contributed by atoms with van der Waals surface area (Å²) in [5, 5.41) is 2.21. The molecule has 1 fully saturated rings. The molecule has 0 unspecified atom stereocenters. The van der Waals surface area contributed by atoms with E-state index in [1.165, 1.54) is 0 Å². The van der Waals surface area contributed by atoms with Crippen molar-refractivity contribution in [3.05, 3.63) is 91.0 Å². The van der Waals surface area contributed by atoms with Crippen molar-refractivity contribution >= 4 is 34.9 Å². The van der Waals surface area contributed by atoms with Crippen LogP contribution < -0.4 is 15.9 Å². The summed E-state index contributed by atoms with van der Waals surface area (Å²) in [6, 6.07) is 28.5. The van der Waals surface area contributed by atoms with Gasteiger partial charge in [0, 0.05) is 0 Å². The van der Waals surface area contributed by atoms with Gasteiger partial charge >= 0.3 is 193 Å². The fourth-order valence-corrected chi connectivity index (χ4v) is 9.34. The van der Waals surface area contributed by atoms with Gasteiger partial charge in [-0.1, -0.05) is 0 Å². The van der Waals surface area contributed by atoms with Gasteiger partial charge in [-0.25, -0.2) is 0 Å². The first-order chi connectivity index (χ1) is 16.1. The molecule has 0 bridgehead atoms. The van der Waals surface area contributed by atoms with Crippen LogP contribution in [-0.2, 0) is 28.1 Å². The van der Waals surface area contributed by atoms with Crippen molar-refractivity contribution < 1.29 is 28.1 Å². The summed E-state index contributed by atoms with van der Waals surface area (Å²) in [6.07, 6.45) is -2.58. The minimum absolute atomic E-state index is 0.145. The molecule has 3 aromatic rings. The topological polar surface area (TPSA) is 71.1 Å². The molecule has 0 amide bonds. The Kier molecular flexibility index (Phi) is 6.61. The third kappa shape index (κ3) is 3.74. The maximum absolute atomic E-state index is 13.1. The molecule has 0 N–H and O–H groups in total. The van der Waals surface area contributed by atoms with Gasteiger partial charge in [0.25, 0.3) is 0 Å². The van der Waals surface area contributed by atoms with Crippen LogP contribution in [0.25, 0.3) is 0 Å². The Bertz CT molecular complexity index is 974. The molecule has 6 nitrogen and oxygen atoms in total. The number of esters is 2. The van der Waals surface area contributed by atoms with Crippen molar-refractivity contribution in [2.75, 3.05) is 13.2 Å². The molecule has 1 heterocycles. The molecule has 0 saturated carbocycles. The standard InChI is InChI=1S/C26H27O6P/c1-3-29-25(27)23-24(26(28)30-4-2)32-33(31-23,20-14-8-5-9-15-20,21-16-10-6-11-17-21)22-18-12-7-13-19-22/h5-19,23-24H,3-4H2,1-2H3/t23-,24-/m1/s1. The summed E-state index contributed by atoms with van der Waals surface area (Å²) >= 11 is 0. The van der Waals surface area contributed by atoms with Crippen molar-refractivity contribution in [1.29, 1.82) is 0 Å². The average Bonchev–Trinajstić information content (AvgIpc) is 3.26. The third-order valence-corrected chi connectivity index (χ3v) is 10.6. The van der Waals surface area contributed by atoms with E-state index in [0.29, 0.717) is 0 Å². The second kappa shape index (κ2) is 9.44. The van der Waals surface area contributed by atoms with E-state index < -0.39 is 31.2 Å². The molecule has 0 spiro atoms. The first-order valence-electron chi connectivity index (χ1n) is 11.0. The Hall–Kier alpha value is -3.05. The van der Waals surface area contributed by atoms with E-state index in [9.17, 15) is 9.59 Å². The van der Waals surface area contributed by atoms with Gasteiger partial charge in [-0.3, -0.25) is 0 Å². The molecule has 172 valence electrons. The predicted octanol–water partition coefficient (Wildman–Crippen LogP) is 3.26. The van der Waals surface area contributed by atoms with E-state index in [4.69, 9.17) is 18.5 Å². The number of carbonyl (C=O) groups excluding carboxylic acids is 2. The van der Waals surface area contributed by atoms with Crippen molar-refractivity contribution in [3.63, 3.8) is 0 Å². The van der Waals surface area contributed by atoms with E-state index in [0.717, 1.165) is 15.9 Å². The molecule has 0 aliphatic carbocycles. The molecular weight excluding hydrogens is 439 g/mol. The zero-order chi connectivity index (χ0) is 23.3. The van der Waals surface area contributed by atoms with Crippen molar-refractivity contribution in [3.8, 4) is 0 Å². The molecule has 0 aromatic heterocycles. The van der Waals surface area contributed by atoms with Crippen molar-refractivity contribution in [1.82, 2.24) is 0 Å². The molecule has 4 rings (SSSR count). The van der Waals surface area contributed by atoms with Crippen LogP contribution in [0.1, 0.15) is 13.8 Å². The van der Waals surface area contributed by atoms with Gasteiger partial charge in [0.2, 0.25) is 0 Å². The average molecular weight is 466 g/mol. The fourth-order valence-electron chi connectivity index (χ4n) is 4.26. The number of hydrogen-bond donors (Lipinski definition) is 0. The van der Waals surface area contributed by atoms with Gasteiger partial charge in [-0.15, -0.1) is 0 Å². The molecular formula is C26H27O6P. The molecule has 1 saturated heterocycles. The first-order valence-corrected chi connectivity index (χ1v) is 13.0. The van der Waals surface area contributed by atoms with E-state index in [2.05, 4.69) is 0 Å². The number of carbonyl (C=O) groups is 2. The van der Waals surface area contributed by atoms with Crippen LogP contribution in [0.2, 0.25) is 0 Å². The molecule has 3 aromatic carbocycles. The predicted molar refractivity (Wildman–Crippen MR) is 128 cm³/mol. The van der Waals surface area contributed by atoms with E-state index in [1.807, 2.05) is 91.0 Å². The van der Waals surface area contributed by atoms with E-state index in [-0.39, 0.29) is 13.2 Å². The fraction of sp³-hybridized carbons (Fsp3) is 0.231. The van der Waals surface area contributed by atoms with Crippen LogP contribution in [-0.4, -0.2) is 37.4 Å². The molecule has 0 radical (unpaired) electrons. The summed E-state index contributed by atoms with van der Waals surface area (Å²) in [5.41, 5.74) is 0. The summed E-state index contributed by atoms with van der Waals surface area (Å²) < 4.78 is 24.2. The Morgan fingerprint density at radius 3 is 1.21 bits per heavy atom. The Morgan fingerprint density at radius 2 is 0.939 bits per heavy atom. The molecule has 7 heteroatoms. The summed E-state index contributed by atoms with van der Waals surface area (Å²) in [5.74, 6) is -1.32. The van der Waals surface area contributed by atoms with Crippen LogP contribution in [0.15, 0.2) is 91.0 Å². The molecule has 1 aliphatic rings. The minimum atomic E-state index is -4.25.